The molecule has 1 aromatic heterocycles. The van der Waals surface area contributed by atoms with Gasteiger partial charge in [0.25, 0.3) is 0 Å². The van der Waals surface area contributed by atoms with Crippen molar-refractivity contribution in [3.8, 4) is 0 Å². The Hall–Kier alpha value is -1.72. The summed E-state index contributed by atoms with van der Waals surface area (Å²) < 4.78 is 5.60. The zero-order chi connectivity index (χ0) is 13.2. The van der Waals surface area contributed by atoms with Crippen molar-refractivity contribution in [2.24, 2.45) is 5.73 Å². The lowest BCUT2D eigenvalue weighted by atomic mass is 10.1. The Bertz CT molecular complexity index is 587. The first kappa shape index (κ1) is 12.3. The minimum atomic E-state index is 0.0793. The predicted octanol–water partition coefficient (Wildman–Crippen LogP) is 1.10. The third-order valence-corrected chi connectivity index (χ3v) is 3.55. The maximum absolute atomic E-state index is 5.69. The highest BCUT2D eigenvalue weighted by molar-refractivity contribution is 5.93. The maximum atomic E-state index is 5.69. The Kier molecular flexibility index (Phi) is 3.31. The molecule has 2 aromatic rings. The van der Waals surface area contributed by atoms with Gasteiger partial charge in [0.1, 0.15) is 0 Å². The van der Waals surface area contributed by atoms with Crippen LogP contribution in [0.3, 0.4) is 0 Å². The first-order valence-corrected chi connectivity index (χ1v) is 6.58. The van der Waals surface area contributed by atoms with E-state index in [9.17, 15) is 0 Å². The van der Waals surface area contributed by atoms with E-state index in [2.05, 4.69) is 27.2 Å². The highest BCUT2D eigenvalue weighted by atomic mass is 16.5. The molecule has 1 aliphatic heterocycles. The van der Waals surface area contributed by atoms with Crippen LogP contribution in [0.4, 0.5) is 5.82 Å². The van der Waals surface area contributed by atoms with E-state index < -0.39 is 0 Å². The van der Waals surface area contributed by atoms with Crippen molar-refractivity contribution in [2.45, 2.75) is 13.0 Å². The van der Waals surface area contributed by atoms with E-state index in [-0.39, 0.29) is 6.10 Å². The van der Waals surface area contributed by atoms with Gasteiger partial charge in [0.2, 0.25) is 0 Å². The first-order valence-electron chi connectivity index (χ1n) is 6.58. The average Bonchev–Trinajstić information content (AvgIpc) is 2.48. The second-order valence-electron chi connectivity index (χ2n) is 4.83. The number of hydrogen-bond donors (Lipinski definition) is 1. The van der Waals surface area contributed by atoms with Crippen LogP contribution in [0.15, 0.2) is 24.3 Å². The number of aromatic nitrogens is 2. The van der Waals surface area contributed by atoms with E-state index in [0.29, 0.717) is 13.2 Å². The van der Waals surface area contributed by atoms with Gasteiger partial charge in [0.05, 0.1) is 18.4 Å². The number of rotatable bonds is 2. The molecule has 1 fully saturated rings. The molecule has 19 heavy (non-hydrogen) atoms. The van der Waals surface area contributed by atoms with E-state index in [4.69, 9.17) is 10.5 Å². The molecule has 0 aliphatic carbocycles. The van der Waals surface area contributed by atoms with Gasteiger partial charge in [-0.1, -0.05) is 24.3 Å². The number of nitrogens with zero attached hydrogens (tertiary/aromatic N) is 3. The third kappa shape index (κ3) is 2.27. The topological polar surface area (TPSA) is 64.3 Å². The first-order chi connectivity index (χ1) is 9.29. The molecule has 0 spiro atoms. The Labute approximate surface area is 112 Å². The lowest BCUT2D eigenvalue weighted by molar-refractivity contribution is 0.0463. The van der Waals surface area contributed by atoms with Gasteiger partial charge in [0.15, 0.2) is 5.82 Å². The maximum Gasteiger partial charge on any atom is 0.159 e. The quantitative estimate of drug-likeness (QED) is 0.874. The van der Waals surface area contributed by atoms with Crippen LogP contribution in [0.2, 0.25) is 0 Å². The lowest BCUT2D eigenvalue weighted by Crippen LogP contribution is -2.46. The summed E-state index contributed by atoms with van der Waals surface area (Å²) in [6, 6.07) is 8.25. The molecule has 1 unspecified atom stereocenters. The van der Waals surface area contributed by atoms with Gasteiger partial charge in [-0.25, -0.2) is 0 Å². The highest BCUT2D eigenvalue weighted by Gasteiger charge is 2.22. The van der Waals surface area contributed by atoms with Crippen molar-refractivity contribution in [1.29, 1.82) is 0 Å². The molecule has 1 aromatic carbocycles. The number of aryl methyl sites for hydroxylation is 1. The second kappa shape index (κ2) is 5.11. The molecule has 2 heterocycles. The summed E-state index contributed by atoms with van der Waals surface area (Å²) in [6.45, 7) is 4.82. The fourth-order valence-electron chi connectivity index (χ4n) is 2.51. The molecule has 1 saturated heterocycles. The minimum absolute atomic E-state index is 0.0793. The molecule has 2 N–H and O–H groups in total. The van der Waals surface area contributed by atoms with Gasteiger partial charge < -0.3 is 15.4 Å². The van der Waals surface area contributed by atoms with E-state index in [1.807, 2.05) is 19.1 Å². The molecular formula is C14H18N4O. The number of hydrogen-bond acceptors (Lipinski definition) is 5. The molecule has 1 aliphatic rings. The van der Waals surface area contributed by atoms with E-state index in [0.717, 1.165) is 35.4 Å². The van der Waals surface area contributed by atoms with Gasteiger partial charge in [-0.05, 0) is 6.92 Å². The van der Waals surface area contributed by atoms with Crippen molar-refractivity contribution < 1.29 is 4.74 Å². The Morgan fingerprint density at radius 2 is 2.11 bits per heavy atom. The smallest absolute Gasteiger partial charge is 0.159 e. The monoisotopic (exact) mass is 258 g/mol. The SMILES string of the molecule is Cc1nnc(N2CCOC(CN)C2)c2ccccc12. The largest absolute Gasteiger partial charge is 0.373 e. The van der Waals surface area contributed by atoms with E-state index in [1.165, 1.54) is 0 Å². The number of nitrogens with two attached hydrogens (primary N) is 1. The molecular weight excluding hydrogens is 240 g/mol. The van der Waals surface area contributed by atoms with Crippen LogP contribution in [0.25, 0.3) is 10.8 Å². The lowest BCUT2D eigenvalue weighted by Gasteiger charge is -2.33. The zero-order valence-electron chi connectivity index (χ0n) is 11.0. The molecule has 0 saturated carbocycles. The number of morpholine rings is 1. The fraction of sp³-hybridized carbons (Fsp3) is 0.429. The molecule has 0 radical (unpaired) electrons. The molecule has 5 heteroatoms. The van der Waals surface area contributed by atoms with Crippen molar-refractivity contribution in [3.05, 3.63) is 30.0 Å². The van der Waals surface area contributed by atoms with Gasteiger partial charge in [-0.3, -0.25) is 0 Å². The van der Waals surface area contributed by atoms with Crippen molar-refractivity contribution in [3.63, 3.8) is 0 Å². The summed E-state index contributed by atoms with van der Waals surface area (Å²) in [5.41, 5.74) is 6.65. The van der Waals surface area contributed by atoms with Crippen molar-refractivity contribution >= 4 is 16.6 Å². The Morgan fingerprint density at radius 1 is 1.32 bits per heavy atom. The van der Waals surface area contributed by atoms with Gasteiger partial charge >= 0.3 is 0 Å². The van der Waals surface area contributed by atoms with Crippen LogP contribution >= 0.6 is 0 Å². The van der Waals surface area contributed by atoms with Gasteiger partial charge in [-0.15, -0.1) is 5.10 Å². The predicted molar refractivity (Wildman–Crippen MR) is 75.3 cm³/mol. The fourth-order valence-corrected chi connectivity index (χ4v) is 2.51. The van der Waals surface area contributed by atoms with E-state index >= 15 is 0 Å². The van der Waals surface area contributed by atoms with Crippen LogP contribution in [0.1, 0.15) is 5.69 Å². The normalized spacial score (nSPS) is 19.9. The van der Waals surface area contributed by atoms with Crippen LogP contribution < -0.4 is 10.6 Å². The van der Waals surface area contributed by atoms with Crippen LogP contribution in [0, 0.1) is 6.92 Å². The highest BCUT2D eigenvalue weighted by Crippen LogP contribution is 2.26. The summed E-state index contributed by atoms with van der Waals surface area (Å²) in [4.78, 5) is 2.22. The van der Waals surface area contributed by atoms with Crippen LogP contribution in [-0.2, 0) is 4.74 Å². The summed E-state index contributed by atoms with van der Waals surface area (Å²) in [5, 5.41) is 10.9. The number of ether oxygens (including phenoxy) is 1. The average molecular weight is 258 g/mol. The van der Waals surface area contributed by atoms with Crippen molar-refractivity contribution in [1.82, 2.24) is 10.2 Å². The summed E-state index contributed by atoms with van der Waals surface area (Å²) >= 11 is 0. The number of benzene rings is 1. The molecule has 3 rings (SSSR count). The Morgan fingerprint density at radius 3 is 2.89 bits per heavy atom. The van der Waals surface area contributed by atoms with Crippen LogP contribution in [0.5, 0.6) is 0 Å². The third-order valence-electron chi connectivity index (χ3n) is 3.55. The minimum Gasteiger partial charge on any atom is -0.373 e. The van der Waals surface area contributed by atoms with E-state index in [1.54, 1.807) is 0 Å². The summed E-state index contributed by atoms with van der Waals surface area (Å²) in [6.07, 6.45) is 0.0793. The molecule has 100 valence electrons. The van der Waals surface area contributed by atoms with Crippen molar-refractivity contribution in [2.75, 3.05) is 31.1 Å². The molecule has 0 amide bonds. The summed E-state index contributed by atoms with van der Waals surface area (Å²) in [7, 11) is 0. The number of fused-ring (bicyclic) bond motifs is 1. The van der Waals surface area contributed by atoms with Gasteiger partial charge in [0, 0.05) is 30.4 Å². The summed E-state index contributed by atoms with van der Waals surface area (Å²) in [5.74, 6) is 0.933. The van der Waals surface area contributed by atoms with Crippen LogP contribution in [-0.4, -0.2) is 42.5 Å². The molecule has 1 atom stereocenters. The van der Waals surface area contributed by atoms with Gasteiger partial charge in [-0.2, -0.15) is 5.10 Å². The Balaban J connectivity index is 2.03. The number of anilines is 1. The standard InChI is InChI=1S/C14H18N4O/c1-10-12-4-2-3-5-13(12)14(17-16-10)18-6-7-19-11(8-15)9-18/h2-5,11H,6-9,15H2,1H3. The molecule has 0 bridgehead atoms. The molecule has 5 nitrogen and oxygen atoms in total. The zero-order valence-corrected chi connectivity index (χ0v) is 11.0. The second-order valence-corrected chi connectivity index (χ2v) is 4.83.